The second kappa shape index (κ2) is 8.23. The van der Waals surface area contributed by atoms with Crippen molar-refractivity contribution in [3.05, 3.63) is 46.7 Å². The van der Waals surface area contributed by atoms with Crippen LogP contribution in [0.2, 0.25) is 5.02 Å². The van der Waals surface area contributed by atoms with E-state index in [9.17, 15) is 0 Å². The van der Waals surface area contributed by atoms with Crippen molar-refractivity contribution < 1.29 is 9.52 Å². The number of rotatable bonds is 8. The van der Waals surface area contributed by atoms with Crippen LogP contribution in [0.25, 0.3) is 11.3 Å². The molecular weight excluding hydrogens is 286 g/mol. The van der Waals surface area contributed by atoms with Gasteiger partial charge in [-0.3, -0.25) is 0 Å². The molecule has 0 bridgehead atoms. The van der Waals surface area contributed by atoms with Crippen molar-refractivity contribution in [2.24, 2.45) is 0 Å². The zero-order valence-electron chi connectivity index (χ0n) is 12.4. The van der Waals surface area contributed by atoms with Gasteiger partial charge in [0.15, 0.2) is 0 Å². The van der Waals surface area contributed by atoms with E-state index in [0.717, 1.165) is 60.0 Å². The highest BCUT2D eigenvalue weighted by atomic mass is 35.5. The number of nitrogens with one attached hydrogen (secondary N) is 1. The minimum atomic E-state index is 0.278. The van der Waals surface area contributed by atoms with Crippen LogP contribution in [0.15, 0.2) is 34.7 Å². The zero-order chi connectivity index (χ0) is 15.1. The van der Waals surface area contributed by atoms with E-state index in [1.807, 2.05) is 37.3 Å². The maximum atomic E-state index is 8.70. The molecule has 0 aliphatic heterocycles. The standard InChI is InChI=1S/C17H22ClNO2/c1-13-5-6-14(11-16(13)18)17-8-7-15(21-17)12-19-9-3-2-4-10-20/h5-8,11,19-20H,2-4,9-10,12H2,1H3. The molecule has 1 aromatic carbocycles. The molecule has 0 fully saturated rings. The highest BCUT2D eigenvalue weighted by Crippen LogP contribution is 2.26. The monoisotopic (exact) mass is 307 g/mol. The number of aliphatic hydroxyl groups is 1. The third-order valence-corrected chi connectivity index (χ3v) is 3.84. The molecule has 0 radical (unpaired) electrons. The largest absolute Gasteiger partial charge is 0.460 e. The molecule has 4 heteroatoms. The van der Waals surface area contributed by atoms with Crippen LogP contribution in [-0.4, -0.2) is 18.3 Å². The third kappa shape index (κ3) is 4.88. The topological polar surface area (TPSA) is 45.4 Å². The van der Waals surface area contributed by atoms with Crippen molar-refractivity contribution in [3.63, 3.8) is 0 Å². The summed E-state index contributed by atoms with van der Waals surface area (Å²) in [4.78, 5) is 0. The van der Waals surface area contributed by atoms with E-state index in [4.69, 9.17) is 21.1 Å². The first-order valence-corrected chi connectivity index (χ1v) is 7.75. The summed E-state index contributed by atoms with van der Waals surface area (Å²) in [6.45, 7) is 3.92. The van der Waals surface area contributed by atoms with Crippen LogP contribution in [0.1, 0.15) is 30.6 Å². The van der Waals surface area contributed by atoms with E-state index >= 15 is 0 Å². The lowest BCUT2D eigenvalue weighted by Crippen LogP contribution is -2.14. The number of hydrogen-bond acceptors (Lipinski definition) is 3. The molecule has 0 unspecified atom stereocenters. The lowest BCUT2D eigenvalue weighted by Gasteiger charge is -2.03. The molecule has 0 saturated heterocycles. The molecule has 2 N–H and O–H groups in total. The van der Waals surface area contributed by atoms with E-state index in [0.29, 0.717) is 0 Å². The Morgan fingerprint density at radius 3 is 2.76 bits per heavy atom. The Morgan fingerprint density at radius 2 is 2.00 bits per heavy atom. The Hall–Kier alpha value is -1.29. The number of benzene rings is 1. The summed E-state index contributed by atoms with van der Waals surface area (Å²) in [5, 5.41) is 12.8. The number of furan rings is 1. The summed E-state index contributed by atoms with van der Waals surface area (Å²) in [5.41, 5.74) is 2.07. The molecule has 3 nitrogen and oxygen atoms in total. The fourth-order valence-electron chi connectivity index (χ4n) is 2.12. The van der Waals surface area contributed by atoms with Gasteiger partial charge in [-0.2, -0.15) is 0 Å². The molecule has 0 aliphatic rings. The predicted octanol–water partition coefficient (Wildman–Crippen LogP) is 4.16. The Kier molecular flexibility index (Phi) is 6.30. The number of hydrogen-bond donors (Lipinski definition) is 2. The van der Waals surface area contributed by atoms with Gasteiger partial charge in [0, 0.05) is 17.2 Å². The van der Waals surface area contributed by atoms with Crippen molar-refractivity contribution in [3.8, 4) is 11.3 Å². The minimum Gasteiger partial charge on any atom is -0.460 e. The molecule has 0 aliphatic carbocycles. The summed E-state index contributed by atoms with van der Waals surface area (Å²) in [7, 11) is 0. The van der Waals surface area contributed by atoms with Gasteiger partial charge >= 0.3 is 0 Å². The van der Waals surface area contributed by atoms with Crippen LogP contribution in [-0.2, 0) is 6.54 Å². The van der Waals surface area contributed by atoms with Crippen molar-refractivity contribution in [2.75, 3.05) is 13.2 Å². The van der Waals surface area contributed by atoms with E-state index in [-0.39, 0.29) is 6.61 Å². The molecule has 114 valence electrons. The van der Waals surface area contributed by atoms with Gasteiger partial charge in [-0.25, -0.2) is 0 Å². The summed E-state index contributed by atoms with van der Waals surface area (Å²) in [6.07, 6.45) is 3.00. The van der Waals surface area contributed by atoms with Crippen LogP contribution in [0.5, 0.6) is 0 Å². The Bertz CT molecular complexity index is 566. The summed E-state index contributed by atoms with van der Waals surface area (Å²) in [5.74, 6) is 1.76. The van der Waals surface area contributed by atoms with Gasteiger partial charge in [0.05, 0.1) is 6.54 Å². The van der Waals surface area contributed by atoms with Crippen LogP contribution >= 0.6 is 11.6 Å². The van der Waals surface area contributed by atoms with E-state index in [1.54, 1.807) is 0 Å². The first-order valence-electron chi connectivity index (χ1n) is 7.37. The zero-order valence-corrected chi connectivity index (χ0v) is 13.1. The molecule has 0 amide bonds. The molecule has 21 heavy (non-hydrogen) atoms. The van der Waals surface area contributed by atoms with Gasteiger partial charge in [-0.1, -0.05) is 23.7 Å². The molecule has 1 aromatic heterocycles. The average Bonchev–Trinajstić information content (AvgIpc) is 2.94. The number of aliphatic hydroxyl groups excluding tert-OH is 1. The van der Waals surface area contributed by atoms with Crippen molar-refractivity contribution >= 4 is 11.6 Å². The van der Waals surface area contributed by atoms with Crippen molar-refractivity contribution in [1.29, 1.82) is 0 Å². The maximum absolute atomic E-state index is 8.70. The Labute approximate surface area is 130 Å². The summed E-state index contributed by atoms with van der Waals surface area (Å²) < 4.78 is 5.83. The predicted molar refractivity (Wildman–Crippen MR) is 86.5 cm³/mol. The van der Waals surface area contributed by atoms with E-state index in [2.05, 4.69) is 5.32 Å². The highest BCUT2D eigenvalue weighted by Gasteiger charge is 2.06. The fraction of sp³-hybridized carbons (Fsp3) is 0.412. The van der Waals surface area contributed by atoms with Gasteiger partial charge in [-0.05, 0) is 56.5 Å². The molecular formula is C17H22ClNO2. The van der Waals surface area contributed by atoms with Gasteiger partial charge < -0.3 is 14.8 Å². The third-order valence-electron chi connectivity index (χ3n) is 3.43. The maximum Gasteiger partial charge on any atom is 0.134 e. The first-order chi connectivity index (χ1) is 10.2. The van der Waals surface area contributed by atoms with Crippen LogP contribution < -0.4 is 5.32 Å². The average molecular weight is 308 g/mol. The Morgan fingerprint density at radius 1 is 1.14 bits per heavy atom. The van der Waals surface area contributed by atoms with Crippen LogP contribution in [0, 0.1) is 6.92 Å². The van der Waals surface area contributed by atoms with Crippen molar-refractivity contribution in [1.82, 2.24) is 5.32 Å². The van der Waals surface area contributed by atoms with Gasteiger partial charge in [-0.15, -0.1) is 0 Å². The minimum absolute atomic E-state index is 0.278. The summed E-state index contributed by atoms with van der Waals surface area (Å²) in [6, 6.07) is 9.92. The summed E-state index contributed by atoms with van der Waals surface area (Å²) >= 11 is 6.14. The Balaban J connectivity index is 1.85. The molecule has 0 spiro atoms. The van der Waals surface area contributed by atoms with Crippen LogP contribution in [0.3, 0.4) is 0 Å². The first kappa shape index (κ1) is 16.1. The molecule has 2 rings (SSSR count). The number of aryl methyl sites for hydroxylation is 1. The van der Waals surface area contributed by atoms with Crippen LogP contribution in [0.4, 0.5) is 0 Å². The fourth-order valence-corrected chi connectivity index (χ4v) is 2.30. The van der Waals surface area contributed by atoms with Crippen molar-refractivity contribution in [2.45, 2.75) is 32.7 Å². The SMILES string of the molecule is Cc1ccc(-c2ccc(CNCCCCCO)o2)cc1Cl. The normalized spacial score (nSPS) is 11.0. The lowest BCUT2D eigenvalue weighted by atomic mass is 10.1. The molecule has 2 aromatic rings. The molecule has 0 saturated carbocycles. The highest BCUT2D eigenvalue weighted by molar-refractivity contribution is 6.31. The molecule has 1 heterocycles. The van der Waals surface area contributed by atoms with E-state index < -0.39 is 0 Å². The smallest absolute Gasteiger partial charge is 0.134 e. The lowest BCUT2D eigenvalue weighted by molar-refractivity contribution is 0.282. The van der Waals surface area contributed by atoms with Gasteiger partial charge in [0.25, 0.3) is 0 Å². The van der Waals surface area contributed by atoms with E-state index in [1.165, 1.54) is 0 Å². The number of halogens is 1. The van der Waals surface area contributed by atoms with Gasteiger partial charge in [0.1, 0.15) is 11.5 Å². The second-order valence-corrected chi connectivity index (χ2v) is 5.60. The molecule has 0 atom stereocenters. The van der Waals surface area contributed by atoms with Gasteiger partial charge in [0.2, 0.25) is 0 Å². The second-order valence-electron chi connectivity index (χ2n) is 5.19. The number of unbranched alkanes of at least 4 members (excludes halogenated alkanes) is 2. The quantitative estimate of drug-likeness (QED) is 0.720.